The van der Waals surface area contributed by atoms with E-state index in [0.717, 1.165) is 5.69 Å². The van der Waals surface area contributed by atoms with E-state index in [0.29, 0.717) is 24.9 Å². The largest absolute Gasteiger partial charge is 0.337 e. The molecule has 2 N–H and O–H groups in total. The summed E-state index contributed by atoms with van der Waals surface area (Å²) in [4.78, 5) is 22.5. The molecule has 8 nitrogen and oxygen atoms in total. The minimum absolute atomic E-state index is 0.0929. The van der Waals surface area contributed by atoms with Crippen LogP contribution in [0.3, 0.4) is 0 Å². The molecule has 23 heavy (non-hydrogen) atoms. The number of nitrogens with one attached hydrogen (secondary N) is 2. The molecule has 2 aromatic heterocycles. The second-order valence-electron chi connectivity index (χ2n) is 5.96. The molecule has 0 aliphatic carbocycles. The lowest BCUT2D eigenvalue weighted by Gasteiger charge is -2.39. The number of urea groups is 1. The van der Waals surface area contributed by atoms with Gasteiger partial charge in [-0.1, -0.05) is 0 Å². The minimum atomic E-state index is -0.217. The Hall–Kier alpha value is -2.64. The van der Waals surface area contributed by atoms with E-state index in [1.807, 2.05) is 31.7 Å². The number of nitrogens with zero attached hydrogens (tertiary/aromatic N) is 5. The molecule has 3 rings (SSSR count). The zero-order valence-electron chi connectivity index (χ0n) is 13.5. The van der Waals surface area contributed by atoms with Gasteiger partial charge in [-0.25, -0.2) is 19.4 Å². The maximum Gasteiger partial charge on any atom is 0.320 e. The van der Waals surface area contributed by atoms with Crippen LogP contribution in [0.5, 0.6) is 0 Å². The molecule has 0 saturated carbocycles. The summed E-state index contributed by atoms with van der Waals surface area (Å²) in [5.74, 6) is 1.40. The lowest BCUT2D eigenvalue weighted by atomic mass is 10.1. The van der Waals surface area contributed by atoms with Gasteiger partial charge < -0.3 is 10.2 Å². The Balaban J connectivity index is 1.52. The number of hydrogen-bond acceptors (Lipinski definition) is 5. The van der Waals surface area contributed by atoms with Crippen LogP contribution in [0.1, 0.15) is 25.6 Å². The SMILES string of the molecule is Cc1cc(NC(=O)NC2CN(c3ncccn3)C2)n(C(C)C)n1. The Bertz CT molecular complexity index is 676. The molecule has 122 valence electrons. The number of rotatable bonds is 4. The zero-order chi connectivity index (χ0) is 16.4. The lowest BCUT2D eigenvalue weighted by molar-refractivity contribution is 0.245. The Kier molecular flexibility index (Phi) is 4.14. The van der Waals surface area contributed by atoms with Crippen LogP contribution in [-0.2, 0) is 0 Å². The maximum atomic E-state index is 12.1. The second-order valence-corrected chi connectivity index (χ2v) is 5.96. The van der Waals surface area contributed by atoms with Crippen LogP contribution in [0.25, 0.3) is 0 Å². The topological polar surface area (TPSA) is 88.0 Å². The lowest BCUT2D eigenvalue weighted by Crippen LogP contribution is -2.60. The molecule has 0 bridgehead atoms. The first-order chi connectivity index (χ1) is 11.0. The third-order valence-corrected chi connectivity index (χ3v) is 3.64. The van der Waals surface area contributed by atoms with E-state index in [-0.39, 0.29) is 18.1 Å². The van der Waals surface area contributed by atoms with E-state index < -0.39 is 0 Å². The number of carbonyl (C=O) groups excluding carboxylic acids is 1. The first-order valence-electron chi connectivity index (χ1n) is 7.68. The highest BCUT2D eigenvalue weighted by atomic mass is 16.2. The fourth-order valence-corrected chi connectivity index (χ4v) is 2.53. The fraction of sp³-hybridized carbons (Fsp3) is 0.467. The van der Waals surface area contributed by atoms with Crippen LogP contribution in [0, 0.1) is 6.92 Å². The minimum Gasteiger partial charge on any atom is -0.337 e. The summed E-state index contributed by atoms with van der Waals surface area (Å²) in [5, 5.41) is 10.2. The molecule has 0 spiro atoms. The van der Waals surface area contributed by atoms with E-state index in [1.54, 1.807) is 23.1 Å². The standard InChI is InChI=1S/C15H21N7O/c1-10(2)22-13(7-11(3)20-22)19-15(23)18-12-8-21(9-12)14-16-5-4-6-17-14/h4-7,10,12H,8-9H2,1-3H3,(H2,18,19,23). The highest BCUT2D eigenvalue weighted by Gasteiger charge is 2.29. The van der Waals surface area contributed by atoms with Gasteiger partial charge in [0.25, 0.3) is 0 Å². The normalized spacial score (nSPS) is 14.7. The summed E-state index contributed by atoms with van der Waals surface area (Å²) in [6.07, 6.45) is 3.43. The van der Waals surface area contributed by atoms with Gasteiger partial charge in [0.1, 0.15) is 5.82 Å². The first-order valence-corrected chi connectivity index (χ1v) is 7.68. The number of aromatic nitrogens is 4. The Labute approximate surface area is 134 Å². The second kappa shape index (κ2) is 6.23. The monoisotopic (exact) mass is 315 g/mol. The van der Waals surface area contributed by atoms with Gasteiger partial charge in [-0.05, 0) is 26.8 Å². The predicted molar refractivity (Wildman–Crippen MR) is 87.5 cm³/mol. The van der Waals surface area contributed by atoms with Gasteiger partial charge in [0.05, 0.1) is 11.7 Å². The summed E-state index contributed by atoms with van der Waals surface area (Å²) in [6.45, 7) is 7.38. The van der Waals surface area contributed by atoms with Crippen molar-refractivity contribution in [2.45, 2.75) is 32.9 Å². The summed E-state index contributed by atoms with van der Waals surface area (Å²) >= 11 is 0. The van der Waals surface area contributed by atoms with Gasteiger partial charge in [0.15, 0.2) is 0 Å². The first kappa shape index (κ1) is 15.3. The number of carbonyl (C=O) groups is 1. The molecule has 0 radical (unpaired) electrons. The van der Waals surface area contributed by atoms with E-state index in [1.165, 1.54) is 0 Å². The van der Waals surface area contributed by atoms with Gasteiger partial charge in [-0.2, -0.15) is 5.10 Å². The van der Waals surface area contributed by atoms with Crippen LogP contribution in [0.2, 0.25) is 0 Å². The Morgan fingerprint density at radius 3 is 2.65 bits per heavy atom. The molecule has 1 aliphatic rings. The highest BCUT2D eigenvalue weighted by molar-refractivity contribution is 5.88. The maximum absolute atomic E-state index is 12.1. The predicted octanol–water partition coefficient (Wildman–Crippen LogP) is 1.57. The fourth-order valence-electron chi connectivity index (χ4n) is 2.53. The van der Waals surface area contributed by atoms with E-state index in [4.69, 9.17) is 0 Å². The molecule has 8 heteroatoms. The van der Waals surface area contributed by atoms with Gasteiger partial charge in [0, 0.05) is 37.6 Å². The van der Waals surface area contributed by atoms with Crippen molar-refractivity contribution in [3.05, 3.63) is 30.2 Å². The molecular formula is C15H21N7O. The van der Waals surface area contributed by atoms with Gasteiger partial charge in [-0.15, -0.1) is 0 Å². The van der Waals surface area contributed by atoms with Crippen LogP contribution >= 0.6 is 0 Å². The molecule has 2 amide bonds. The molecule has 3 heterocycles. The number of aryl methyl sites for hydroxylation is 1. The van der Waals surface area contributed by atoms with Crippen molar-refractivity contribution in [3.63, 3.8) is 0 Å². The Morgan fingerprint density at radius 2 is 2.00 bits per heavy atom. The highest BCUT2D eigenvalue weighted by Crippen LogP contribution is 2.17. The summed E-state index contributed by atoms with van der Waals surface area (Å²) < 4.78 is 1.81. The van der Waals surface area contributed by atoms with Crippen molar-refractivity contribution in [2.75, 3.05) is 23.3 Å². The van der Waals surface area contributed by atoms with Crippen LogP contribution in [0.15, 0.2) is 24.5 Å². The average molecular weight is 315 g/mol. The van der Waals surface area contributed by atoms with Gasteiger partial charge in [0.2, 0.25) is 5.95 Å². The summed E-state index contributed by atoms with van der Waals surface area (Å²) in [5.41, 5.74) is 0.880. The Morgan fingerprint density at radius 1 is 1.30 bits per heavy atom. The van der Waals surface area contributed by atoms with Crippen LogP contribution < -0.4 is 15.5 Å². The van der Waals surface area contributed by atoms with Crippen molar-refractivity contribution in [3.8, 4) is 0 Å². The third-order valence-electron chi connectivity index (χ3n) is 3.64. The summed E-state index contributed by atoms with van der Waals surface area (Å²) in [6, 6.07) is 3.71. The molecule has 0 unspecified atom stereocenters. The van der Waals surface area contributed by atoms with Gasteiger partial charge in [-0.3, -0.25) is 5.32 Å². The third kappa shape index (κ3) is 3.41. The van der Waals surface area contributed by atoms with Crippen LogP contribution in [-0.4, -0.2) is 44.9 Å². The molecule has 0 aromatic carbocycles. The number of amides is 2. The van der Waals surface area contributed by atoms with Crippen LogP contribution in [0.4, 0.5) is 16.6 Å². The quantitative estimate of drug-likeness (QED) is 0.894. The van der Waals surface area contributed by atoms with E-state index in [2.05, 4.69) is 25.7 Å². The average Bonchev–Trinajstić information content (AvgIpc) is 2.84. The smallest absolute Gasteiger partial charge is 0.320 e. The molecular weight excluding hydrogens is 294 g/mol. The number of hydrogen-bond donors (Lipinski definition) is 2. The molecule has 2 aromatic rings. The van der Waals surface area contributed by atoms with Crippen molar-refractivity contribution >= 4 is 17.8 Å². The van der Waals surface area contributed by atoms with Gasteiger partial charge >= 0.3 is 6.03 Å². The number of anilines is 2. The van der Waals surface area contributed by atoms with Crippen molar-refractivity contribution < 1.29 is 4.79 Å². The van der Waals surface area contributed by atoms with Crippen molar-refractivity contribution in [2.24, 2.45) is 0 Å². The van der Waals surface area contributed by atoms with Crippen molar-refractivity contribution in [1.29, 1.82) is 0 Å². The molecule has 1 saturated heterocycles. The van der Waals surface area contributed by atoms with E-state index in [9.17, 15) is 4.79 Å². The van der Waals surface area contributed by atoms with E-state index >= 15 is 0 Å². The summed E-state index contributed by atoms with van der Waals surface area (Å²) in [7, 11) is 0. The molecule has 1 aliphatic heterocycles. The molecule has 1 fully saturated rings. The zero-order valence-corrected chi connectivity index (χ0v) is 13.5. The van der Waals surface area contributed by atoms with Crippen molar-refractivity contribution in [1.82, 2.24) is 25.1 Å². The molecule has 0 atom stereocenters.